The van der Waals surface area contributed by atoms with E-state index in [1.807, 2.05) is 24.3 Å². The van der Waals surface area contributed by atoms with Gasteiger partial charge in [0.2, 0.25) is 5.91 Å². The van der Waals surface area contributed by atoms with Gasteiger partial charge in [-0.15, -0.1) is 0 Å². The van der Waals surface area contributed by atoms with E-state index in [1.54, 1.807) is 25.3 Å². The molecule has 3 N–H and O–H groups in total. The van der Waals surface area contributed by atoms with Crippen LogP contribution in [0.4, 0.5) is 19.0 Å². The number of nitrogens with two attached hydrogens (primary N) is 1. The van der Waals surface area contributed by atoms with Crippen molar-refractivity contribution in [2.75, 3.05) is 12.3 Å². The number of nitrogens with one attached hydrogen (secondary N) is 1. The Labute approximate surface area is 176 Å². The summed E-state index contributed by atoms with van der Waals surface area (Å²) in [6, 6.07) is 10.9. The van der Waals surface area contributed by atoms with Crippen molar-refractivity contribution in [2.24, 2.45) is 5.92 Å². The van der Waals surface area contributed by atoms with E-state index in [9.17, 15) is 18.0 Å². The summed E-state index contributed by atoms with van der Waals surface area (Å²) in [5.41, 5.74) is 8.80. The van der Waals surface area contributed by atoms with E-state index in [0.717, 1.165) is 10.9 Å². The summed E-state index contributed by atoms with van der Waals surface area (Å²) in [6.45, 7) is 1.18. The van der Waals surface area contributed by atoms with Crippen LogP contribution in [0.5, 0.6) is 0 Å². The second-order valence-corrected chi connectivity index (χ2v) is 7.44. The molecule has 0 aliphatic rings. The molecule has 3 rings (SSSR count). The first-order valence-electron chi connectivity index (χ1n) is 9.28. The molecule has 9 heteroatoms. The van der Waals surface area contributed by atoms with Gasteiger partial charge in [-0.2, -0.15) is 13.2 Å². The predicted octanol–water partition coefficient (Wildman–Crippen LogP) is 4.78. The summed E-state index contributed by atoms with van der Waals surface area (Å²) in [6.07, 6.45) is -3.47. The number of fused-ring (bicyclic) bond motifs is 1. The van der Waals surface area contributed by atoms with E-state index in [1.165, 1.54) is 0 Å². The van der Waals surface area contributed by atoms with Crippen molar-refractivity contribution in [1.29, 1.82) is 0 Å². The number of anilines is 1. The first-order chi connectivity index (χ1) is 14.1. The lowest BCUT2D eigenvalue weighted by Gasteiger charge is -2.15. The first-order valence-corrected chi connectivity index (χ1v) is 9.66. The van der Waals surface area contributed by atoms with Crippen molar-refractivity contribution in [3.8, 4) is 11.3 Å². The molecular formula is C21H20ClF3N4O. The Hall–Kier alpha value is -2.87. The second kappa shape index (κ2) is 8.87. The molecule has 30 heavy (non-hydrogen) atoms. The molecule has 0 saturated heterocycles. The Balaban J connectivity index is 1.79. The Bertz CT molecular complexity index is 1070. The summed E-state index contributed by atoms with van der Waals surface area (Å²) < 4.78 is 36.7. The molecule has 0 radical (unpaired) electrons. The van der Waals surface area contributed by atoms with Crippen molar-refractivity contribution in [3.05, 3.63) is 53.2 Å². The second-order valence-electron chi connectivity index (χ2n) is 7.04. The van der Waals surface area contributed by atoms with Crippen molar-refractivity contribution in [1.82, 2.24) is 15.3 Å². The number of aromatic nitrogens is 2. The van der Waals surface area contributed by atoms with E-state index in [4.69, 9.17) is 17.3 Å². The maximum absolute atomic E-state index is 12.2. The highest BCUT2D eigenvalue weighted by Crippen LogP contribution is 2.29. The molecule has 0 fully saturated rings. The van der Waals surface area contributed by atoms with Gasteiger partial charge in [-0.05, 0) is 42.3 Å². The van der Waals surface area contributed by atoms with Gasteiger partial charge in [0.05, 0.1) is 22.7 Å². The molecule has 1 unspecified atom stereocenters. The maximum Gasteiger partial charge on any atom is 0.390 e. The van der Waals surface area contributed by atoms with Gasteiger partial charge in [0, 0.05) is 29.6 Å². The molecule has 3 aromatic rings. The number of carbonyl (C=O) groups is 1. The van der Waals surface area contributed by atoms with Crippen LogP contribution in [0.2, 0.25) is 5.02 Å². The fourth-order valence-electron chi connectivity index (χ4n) is 3.07. The summed E-state index contributed by atoms with van der Waals surface area (Å²) >= 11 is 6.23. The van der Waals surface area contributed by atoms with Crippen LogP contribution in [0.3, 0.4) is 0 Å². The molecule has 0 bridgehead atoms. The Kier molecular flexibility index (Phi) is 6.45. The number of hydrogen-bond donors (Lipinski definition) is 2. The lowest BCUT2D eigenvalue weighted by molar-refractivity contribution is -0.136. The van der Waals surface area contributed by atoms with Crippen LogP contribution >= 0.6 is 11.6 Å². The van der Waals surface area contributed by atoms with Gasteiger partial charge in [-0.25, -0.2) is 4.98 Å². The number of rotatable bonds is 6. The fraction of sp³-hybridized carbons (Fsp3) is 0.286. The molecule has 1 atom stereocenters. The number of nitrogen functional groups attached to an aromatic ring is 1. The normalized spacial score (nSPS) is 12.7. The lowest BCUT2D eigenvalue weighted by atomic mass is 9.98. The topological polar surface area (TPSA) is 80.9 Å². The highest BCUT2D eigenvalue weighted by Gasteiger charge is 2.27. The van der Waals surface area contributed by atoms with Gasteiger partial charge in [0.15, 0.2) is 0 Å². The van der Waals surface area contributed by atoms with Gasteiger partial charge in [0.1, 0.15) is 5.82 Å². The van der Waals surface area contributed by atoms with E-state index in [-0.39, 0.29) is 12.2 Å². The van der Waals surface area contributed by atoms with Crippen molar-refractivity contribution < 1.29 is 18.0 Å². The molecule has 0 saturated carbocycles. The van der Waals surface area contributed by atoms with Gasteiger partial charge >= 0.3 is 6.18 Å². The number of halogens is 4. The summed E-state index contributed by atoms with van der Waals surface area (Å²) in [7, 11) is 0. The number of nitrogens with zero attached hydrogens (tertiary/aromatic N) is 2. The summed E-state index contributed by atoms with van der Waals surface area (Å²) in [5, 5.41) is 3.62. The molecule has 2 heterocycles. The molecule has 1 amide bonds. The quantitative estimate of drug-likeness (QED) is 0.582. The zero-order valence-electron chi connectivity index (χ0n) is 16.1. The van der Waals surface area contributed by atoms with Crippen LogP contribution in [0.1, 0.15) is 18.9 Å². The van der Waals surface area contributed by atoms with Crippen LogP contribution in [0, 0.1) is 5.92 Å². The smallest absolute Gasteiger partial charge is 0.383 e. The standard InChI is InChI=1S/C21H20ClF3N4O/c1-12(20(30)28-8-6-21(23,24)25)9-15-11-14-10-13(4-5-17(14)29-19(15)26)18-16(22)3-2-7-27-18/h2-5,7,10-12H,6,8-9H2,1H3,(H2,26,29)(H,28,30). The summed E-state index contributed by atoms with van der Waals surface area (Å²) in [4.78, 5) is 20.8. The highest BCUT2D eigenvalue weighted by molar-refractivity contribution is 6.33. The minimum Gasteiger partial charge on any atom is -0.383 e. The number of carbonyl (C=O) groups excluding carboxylic acids is 1. The van der Waals surface area contributed by atoms with E-state index in [0.29, 0.717) is 21.8 Å². The average molecular weight is 437 g/mol. The number of amides is 1. The van der Waals surface area contributed by atoms with Gasteiger partial charge in [-0.3, -0.25) is 9.78 Å². The zero-order chi connectivity index (χ0) is 21.9. The van der Waals surface area contributed by atoms with Gasteiger partial charge in [0.25, 0.3) is 0 Å². The van der Waals surface area contributed by atoms with Gasteiger partial charge in [-0.1, -0.05) is 24.6 Å². The molecule has 5 nitrogen and oxygen atoms in total. The van der Waals surface area contributed by atoms with Crippen LogP contribution in [0.15, 0.2) is 42.6 Å². The van der Waals surface area contributed by atoms with Crippen molar-refractivity contribution in [3.63, 3.8) is 0 Å². The summed E-state index contributed by atoms with van der Waals surface area (Å²) in [5.74, 6) is -0.748. The Morgan fingerprint density at radius 1 is 1.27 bits per heavy atom. The molecule has 1 aromatic carbocycles. The first kappa shape index (κ1) is 21.8. The Morgan fingerprint density at radius 3 is 2.73 bits per heavy atom. The number of benzene rings is 1. The molecule has 2 aromatic heterocycles. The van der Waals surface area contributed by atoms with E-state index < -0.39 is 31.0 Å². The monoisotopic (exact) mass is 436 g/mol. The maximum atomic E-state index is 12.2. The predicted molar refractivity (Wildman–Crippen MR) is 111 cm³/mol. The van der Waals surface area contributed by atoms with Crippen LogP contribution in [0.25, 0.3) is 22.2 Å². The average Bonchev–Trinajstić information content (AvgIpc) is 2.67. The minimum absolute atomic E-state index is 0.251. The largest absolute Gasteiger partial charge is 0.390 e. The molecule has 0 aliphatic heterocycles. The number of alkyl halides is 3. The van der Waals surface area contributed by atoms with Gasteiger partial charge < -0.3 is 11.1 Å². The highest BCUT2D eigenvalue weighted by atomic mass is 35.5. The van der Waals surface area contributed by atoms with Crippen LogP contribution in [-0.2, 0) is 11.2 Å². The van der Waals surface area contributed by atoms with E-state index in [2.05, 4.69) is 15.3 Å². The van der Waals surface area contributed by atoms with Crippen LogP contribution in [-0.4, -0.2) is 28.6 Å². The van der Waals surface area contributed by atoms with Crippen molar-refractivity contribution >= 4 is 34.2 Å². The third kappa shape index (κ3) is 5.38. The minimum atomic E-state index is -4.31. The molecule has 0 aliphatic carbocycles. The number of hydrogen-bond acceptors (Lipinski definition) is 4. The van der Waals surface area contributed by atoms with Crippen molar-refractivity contribution in [2.45, 2.75) is 25.9 Å². The lowest BCUT2D eigenvalue weighted by Crippen LogP contribution is -2.33. The molecule has 0 spiro atoms. The van der Waals surface area contributed by atoms with E-state index >= 15 is 0 Å². The third-order valence-corrected chi connectivity index (χ3v) is 4.95. The Morgan fingerprint density at radius 2 is 2.03 bits per heavy atom. The SMILES string of the molecule is CC(Cc1cc2cc(-c3ncccc3Cl)ccc2nc1N)C(=O)NCCC(F)(F)F. The molecular weight excluding hydrogens is 417 g/mol. The fourth-order valence-corrected chi connectivity index (χ4v) is 3.30. The van der Waals surface area contributed by atoms with Crippen LogP contribution < -0.4 is 11.1 Å². The number of pyridine rings is 2. The zero-order valence-corrected chi connectivity index (χ0v) is 16.9. The third-order valence-electron chi connectivity index (χ3n) is 4.64. The molecule has 158 valence electrons.